The molecule has 1 amide bonds. The van der Waals surface area contributed by atoms with Gasteiger partial charge in [-0.05, 0) is 33.5 Å². The predicted octanol–water partition coefficient (Wildman–Crippen LogP) is 3.04. The molecule has 2 heterocycles. The maximum Gasteiger partial charge on any atom is 0.230 e. The molecule has 1 aromatic carbocycles. The van der Waals surface area contributed by atoms with Crippen LogP contribution in [0.4, 0.5) is 0 Å². The maximum absolute atomic E-state index is 12.0. The molecule has 6 nitrogen and oxygen atoms in total. The lowest BCUT2D eigenvalue weighted by molar-refractivity contribution is -0.118. The smallest absolute Gasteiger partial charge is 0.230 e. The fraction of sp³-hybridized carbons (Fsp3) is 0.250. The van der Waals surface area contributed by atoms with Gasteiger partial charge in [0.05, 0.1) is 12.3 Å². The number of thiophene rings is 1. The lowest BCUT2D eigenvalue weighted by Gasteiger charge is -2.07. The highest BCUT2D eigenvalue weighted by Crippen LogP contribution is 2.17. The molecule has 1 N–H and O–H groups in total. The van der Waals surface area contributed by atoms with Crippen LogP contribution >= 0.6 is 34.7 Å². The molecule has 3 rings (SSSR count). The third-order valence-electron chi connectivity index (χ3n) is 3.42. The molecule has 0 radical (unpaired) electrons. The molecule has 0 unspecified atom stereocenters. The first-order chi connectivity index (χ1) is 12.2. The molecule has 0 aliphatic rings. The fourth-order valence-corrected chi connectivity index (χ4v) is 3.76. The van der Waals surface area contributed by atoms with Crippen molar-refractivity contribution < 1.29 is 4.79 Å². The van der Waals surface area contributed by atoms with Crippen LogP contribution < -0.4 is 5.32 Å². The van der Waals surface area contributed by atoms with Gasteiger partial charge in [-0.2, -0.15) is 0 Å². The zero-order valence-electron chi connectivity index (χ0n) is 13.3. The Hall–Kier alpha value is -1.90. The highest BCUT2D eigenvalue weighted by Gasteiger charge is 2.10. The second-order valence-corrected chi connectivity index (χ2v) is 7.55. The number of rotatable bonds is 8. The molecule has 9 heteroatoms. The number of hydrogen-bond donors (Lipinski definition) is 1. The number of nitrogens with one attached hydrogen (secondary N) is 1. The number of amides is 1. The minimum atomic E-state index is -0.0854. The van der Waals surface area contributed by atoms with Crippen molar-refractivity contribution in [3.05, 3.63) is 57.2 Å². The molecular weight excluding hydrogens is 378 g/mol. The van der Waals surface area contributed by atoms with E-state index < -0.39 is 0 Å². The van der Waals surface area contributed by atoms with E-state index in [9.17, 15) is 4.79 Å². The number of carbonyl (C=O) groups excluding carboxylic acids is 1. The molecule has 0 spiro atoms. The fourth-order valence-electron chi connectivity index (χ4n) is 2.13. The SMILES string of the molecule is O=C(CSc1nnnn1CCc1cccs1)NCc1ccccc1Cl. The first kappa shape index (κ1) is 17.9. The van der Waals surface area contributed by atoms with Crippen molar-refractivity contribution in [2.24, 2.45) is 0 Å². The second-order valence-electron chi connectivity index (χ2n) is 5.17. The Labute approximate surface area is 158 Å². The van der Waals surface area contributed by atoms with Gasteiger partial charge in [0.2, 0.25) is 11.1 Å². The lowest BCUT2D eigenvalue weighted by Crippen LogP contribution is -2.25. The molecular formula is C16H16ClN5OS2. The van der Waals surface area contributed by atoms with E-state index in [1.807, 2.05) is 29.6 Å². The summed E-state index contributed by atoms with van der Waals surface area (Å²) in [5.74, 6) is 0.168. The third-order valence-corrected chi connectivity index (χ3v) is 5.68. The van der Waals surface area contributed by atoms with E-state index in [1.54, 1.807) is 22.1 Å². The Morgan fingerprint density at radius 3 is 2.96 bits per heavy atom. The van der Waals surface area contributed by atoms with Crippen LogP contribution in [0.2, 0.25) is 5.02 Å². The number of halogens is 1. The van der Waals surface area contributed by atoms with Crippen LogP contribution in [0.25, 0.3) is 0 Å². The van der Waals surface area contributed by atoms with Crippen LogP contribution in [0, 0.1) is 0 Å². The van der Waals surface area contributed by atoms with Crippen LogP contribution in [0.15, 0.2) is 46.9 Å². The monoisotopic (exact) mass is 393 g/mol. The summed E-state index contributed by atoms with van der Waals surface area (Å²) in [6.07, 6.45) is 0.870. The molecule has 3 aromatic rings. The molecule has 0 aliphatic carbocycles. The van der Waals surface area contributed by atoms with Gasteiger partial charge in [-0.25, -0.2) is 4.68 Å². The van der Waals surface area contributed by atoms with Gasteiger partial charge in [0.15, 0.2) is 0 Å². The molecule has 25 heavy (non-hydrogen) atoms. The highest BCUT2D eigenvalue weighted by atomic mass is 35.5. The Morgan fingerprint density at radius 2 is 2.16 bits per heavy atom. The largest absolute Gasteiger partial charge is 0.351 e. The number of aryl methyl sites for hydroxylation is 2. The van der Waals surface area contributed by atoms with Crippen molar-refractivity contribution in [3.8, 4) is 0 Å². The molecule has 0 saturated carbocycles. The number of thioether (sulfide) groups is 1. The van der Waals surface area contributed by atoms with Crippen LogP contribution in [0.3, 0.4) is 0 Å². The average molecular weight is 394 g/mol. The van der Waals surface area contributed by atoms with E-state index in [2.05, 4.69) is 26.9 Å². The summed E-state index contributed by atoms with van der Waals surface area (Å²) in [6.45, 7) is 1.10. The first-order valence-electron chi connectivity index (χ1n) is 7.64. The van der Waals surface area contributed by atoms with Gasteiger partial charge in [0.25, 0.3) is 0 Å². The predicted molar refractivity (Wildman–Crippen MR) is 99.9 cm³/mol. The molecule has 130 valence electrons. The first-order valence-corrected chi connectivity index (χ1v) is 9.88. The summed E-state index contributed by atoms with van der Waals surface area (Å²) in [5.41, 5.74) is 0.892. The van der Waals surface area contributed by atoms with Gasteiger partial charge >= 0.3 is 0 Å². The van der Waals surface area contributed by atoms with Crippen molar-refractivity contribution in [1.29, 1.82) is 0 Å². The summed E-state index contributed by atoms with van der Waals surface area (Å²) >= 11 is 9.11. The van der Waals surface area contributed by atoms with Crippen molar-refractivity contribution in [1.82, 2.24) is 25.5 Å². The van der Waals surface area contributed by atoms with Gasteiger partial charge in [-0.15, -0.1) is 16.4 Å². The number of benzene rings is 1. The molecule has 0 fully saturated rings. The van der Waals surface area contributed by atoms with Gasteiger partial charge in [0, 0.05) is 22.9 Å². The number of aromatic nitrogens is 4. The second kappa shape index (κ2) is 8.98. The Morgan fingerprint density at radius 1 is 1.28 bits per heavy atom. The van der Waals surface area contributed by atoms with Gasteiger partial charge < -0.3 is 5.32 Å². The van der Waals surface area contributed by atoms with Crippen molar-refractivity contribution >= 4 is 40.6 Å². The molecule has 0 atom stereocenters. The maximum atomic E-state index is 12.0. The van der Waals surface area contributed by atoms with Crippen LogP contribution in [-0.2, 0) is 24.3 Å². The number of carbonyl (C=O) groups is 1. The van der Waals surface area contributed by atoms with Crippen molar-refractivity contribution in [3.63, 3.8) is 0 Å². The molecule has 0 aliphatic heterocycles. The average Bonchev–Trinajstić information content (AvgIpc) is 3.29. The number of tetrazole rings is 1. The normalized spacial score (nSPS) is 10.8. The Balaban J connectivity index is 1.46. The van der Waals surface area contributed by atoms with Gasteiger partial charge in [-0.3, -0.25) is 4.79 Å². The van der Waals surface area contributed by atoms with Gasteiger partial charge in [0.1, 0.15) is 0 Å². The number of nitrogens with zero attached hydrogens (tertiary/aromatic N) is 4. The molecule has 0 bridgehead atoms. The third kappa shape index (κ3) is 5.29. The Bertz CT molecular complexity index is 822. The summed E-state index contributed by atoms with van der Waals surface area (Å²) < 4.78 is 1.73. The van der Waals surface area contributed by atoms with E-state index in [0.717, 1.165) is 12.0 Å². The quantitative estimate of drug-likeness (QED) is 0.595. The zero-order chi connectivity index (χ0) is 17.5. The highest BCUT2D eigenvalue weighted by molar-refractivity contribution is 7.99. The van der Waals surface area contributed by atoms with E-state index in [1.165, 1.54) is 16.6 Å². The van der Waals surface area contributed by atoms with Crippen molar-refractivity contribution in [2.75, 3.05) is 5.75 Å². The molecule has 0 saturated heterocycles. The van der Waals surface area contributed by atoms with Crippen molar-refractivity contribution in [2.45, 2.75) is 24.7 Å². The van der Waals surface area contributed by atoms with E-state index >= 15 is 0 Å². The zero-order valence-corrected chi connectivity index (χ0v) is 15.7. The lowest BCUT2D eigenvalue weighted by atomic mass is 10.2. The Kier molecular flexibility index (Phi) is 6.43. The summed E-state index contributed by atoms with van der Waals surface area (Å²) in [6, 6.07) is 11.6. The van der Waals surface area contributed by atoms with Crippen LogP contribution in [0.1, 0.15) is 10.4 Å². The number of hydrogen-bond acceptors (Lipinski definition) is 6. The summed E-state index contributed by atoms with van der Waals surface area (Å²) in [7, 11) is 0. The van der Waals surface area contributed by atoms with Crippen LogP contribution in [0.5, 0.6) is 0 Å². The minimum Gasteiger partial charge on any atom is -0.351 e. The van der Waals surface area contributed by atoms with E-state index in [4.69, 9.17) is 11.6 Å². The van der Waals surface area contributed by atoms with E-state index in [-0.39, 0.29) is 11.7 Å². The van der Waals surface area contributed by atoms with Gasteiger partial charge in [-0.1, -0.05) is 47.6 Å². The summed E-state index contributed by atoms with van der Waals surface area (Å²) in [4.78, 5) is 13.3. The van der Waals surface area contributed by atoms with Crippen LogP contribution in [-0.4, -0.2) is 31.9 Å². The standard InChI is InChI=1S/C16H16ClN5OS2/c17-14-6-2-1-4-12(14)10-18-15(23)11-25-16-19-20-21-22(16)8-7-13-5-3-9-24-13/h1-6,9H,7-8,10-11H2,(H,18,23). The summed E-state index contributed by atoms with van der Waals surface area (Å²) in [5, 5.41) is 17.9. The topological polar surface area (TPSA) is 72.7 Å². The minimum absolute atomic E-state index is 0.0854. The van der Waals surface area contributed by atoms with E-state index in [0.29, 0.717) is 23.3 Å². The molecule has 2 aromatic heterocycles.